The maximum atomic E-state index is 5.07. The van der Waals surface area contributed by atoms with E-state index in [1.165, 1.54) is 38.5 Å². The van der Waals surface area contributed by atoms with Crippen LogP contribution in [0.4, 0.5) is 0 Å². The number of aryl methyl sites for hydroxylation is 2. The molecule has 18 heavy (non-hydrogen) atoms. The lowest BCUT2D eigenvalue weighted by atomic mass is 10.1. The number of nitrogens with zero attached hydrogens (tertiary/aromatic N) is 4. The van der Waals surface area contributed by atoms with Gasteiger partial charge in [-0.25, -0.2) is 0 Å². The summed E-state index contributed by atoms with van der Waals surface area (Å²) in [5, 5.41) is 15.0. The van der Waals surface area contributed by atoms with E-state index in [0.717, 1.165) is 37.5 Å². The van der Waals surface area contributed by atoms with Crippen LogP contribution < -0.4 is 0 Å². The predicted octanol–water partition coefficient (Wildman–Crippen LogP) is 2.58. The Morgan fingerprint density at radius 2 is 1.11 bits per heavy atom. The fraction of sp³-hybridized carbons (Fsp3) is 0.667. The molecule has 0 aromatic carbocycles. The minimum atomic E-state index is 0.742. The second-order valence-electron chi connectivity index (χ2n) is 4.29. The van der Waals surface area contributed by atoms with E-state index >= 15 is 0 Å². The molecule has 0 aliphatic heterocycles. The van der Waals surface area contributed by atoms with Crippen molar-refractivity contribution in [3.8, 4) is 0 Å². The van der Waals surface area contributed by atoms with Gasteiger partial charge in [-0.15, -0.1) is 20.4 Å². The lowest BCUT2D eigenvalue weighted by Crippen LogP contribution is -1.88. The summed E-state index contributed by atoms with van der Waals surface area (Å²) in [7, 11) is 0. The zero-order valence-corrected chi connectivity index (χ0v) is 10.4. The largest absolute Gasteiger partial charge is 0.428 e. The van der Waals surface area contributed by atoms with Gasteiger partial charge in [0.05, 0.1) is 0 Å². The third-order valence-electron chi connectivity index (χ3n) is 2.84. The van der Waals surface area contributed by atoms with Gasteiger partial charge in [0.1, 0.15) is 0 Å². The Balaban J connectivity index is 1.40. The van der Waals surface area contributed by atoms with Gasteiger partial charge in [0.15, 0.2) is 0 Å². The Kier molecular flexibility index (Phi) is 5.36. The molecule has 0 bridgehead atoms. The molecule has 6 heteroatoms. The first kappa shape index (κ1) is 12.7. The van der Waals surface area contributed by atoms with E-state index in [2.05, 4.69) is 20.4 Å². The Labute approximate surface area is 106 Å². The predicted molar refractivity (Wildman–Crippen MR) is 63.7 cm³/mol. The monoisotopic (exact) mass is 250 g/mol. The lowest BCUT2D eigenvalue weighted by Gasteiger charge is -1.99. The number of hydrogen-bond acceptors (Lipinski definition) is 6. The first-order valence-corrected chi connectivity index (χ1v) is 6.45. The highest BCUT2D eigenvalue weighted by molar-refractivity contribution is 4.73. The van der Waals surface area contributed by atoms with E-state index in [1.807, 2.05) is 0 Å². The van der Waals surface area contributed by atoms with Crippen molar-refractivity contribution in [1.29, 1.82) is 0 Å². The number of unbranched alkanes of at least 4 members (excludes halogenated alkanes) is 5. The normalized spacial score (nSPS) is 10.9. The molecule has 0 fully saturated rings. The highest BCUT2D eigenvalue weighted by atomic mass is 16.4. The van der Waals surface area contributed by atoms with Crippen LogP contribution in [0.3, 0.4) is 0 Å². The van der Waals surface area contributed by atoms with Crippen molar-refractivity contribution in [2.45, 2.75) is 51.4 Å². The van der Waals surface area contributed by atoms with E-state index in [1.54, 1.807) is 0 Å². The maximum Gasteiger partial charge on any atom is 0.216 e. The van der Waals surface area contributed by atoms with E-state index in [-0.39, 0.29) is 0 Å². The van der Waals surface area contributed by atoms with Crippen LogP contribution >= 0.6 is 0 Å². The van der Waals surface area contributed by atoms with Gasteiger partial charge in [-0.1, -0.05) is 25.7 Å². The van der Waals surface area contributed by atoms with Gasteiger partial charge in [0.2, 0.25) is 24.6 Å². The highest BCUT2D eigenvalue weighted by Gasteiger charge is 2.00. The summed E-state index contributed by atoms with van der Waals surface area (Å²) in [4.78, 5) is 0. The summed E-state index contributed by atoms with van der Waals surface area (Å²) in [5.41, 5.74) is 0. The molecule has 0 radical (unpaired) electrons. The average molecular weight is 250 g/mol. The second-order valence-corrected chi connectivity index (χ2v) is 4.29. The zero-order valence-electron chi connectivity index (χ0n) is 10.4. The van der Waals surface area contributed by atoms with Crippen molar-refractivity contribution in [3.05, 3.63) is 24.6 Å². The molecule has 0 N–H and O–H groups in total. The quantitative estimate of drug-likeness (QED) is 0.636. The van der Waals surface area contributed by atoms with Gasteiger partial charge in [0, 0.05) is 12.8 Å². The molecule has 0 saturated carbocycles. The van der Waals surface area contributed by atoms with Crippen LogP contribution in [0.25, 0.3) is 0 Å². The summed E-state index contributed by atoms with van der Waals surface area (Å²) in [5.74, 6) is 1.48. The molecule has 2 rings (SSSR count). The van der Waals surface area contributed by atoms with Crippen molar-refractivity contribution in [2.24, 2.45) is 0 Å². The molecule has 2 heterocycles. The van der Waals surface area contributed by atoms with Gasteiger partial charge < -0.3 is 8.83 Å². The Bertz CT molecular complexity index is 359. The molecule has 0 amide bonds. The maximum absolute atomic E-state index is 5.07. The molecular weight excluding hydrogens is 232 g/mol. The summed E-state index contributed by atoms with van der Waals surface area (Å²) >= 11 is 0. The molecular formula is C12H18N4O2. The Hall–Kier alpha value is -1.72. The van der Waals surface area contributed by atoms with E-state index in [9.17, 15) is 0 Å². The van der Waals surface area contributed by atoms with Crippen LogP contribution in [-0.2, 0) is 12.8 Å². The molecule has 6 nitrogen and oxygen atoms in total. The molecule has 2 aromatic heterocycles. The van der Waals surface area contributed by atoms with Crippen LogP contribution in [0.2, 0.25) is 0 Å². The van der Waals surface area contributed by atoms with Crippen molar-refractivity contribution < 1.29 is 8.83 Å². The molecule has 0 saturated heterocycles. The van der Waals surface area contributed by atoms with Gasteiger partial charge in [-0.05, 0) is 12.8 Å². The fourth-order valence-corrected chi connectivity index (χ4v) is 1.87. The molecule has 0 atom stereocenters. The van der Waals surface area contributed by atoms with E-state index in [4.69, 9.17) is 8.83 Å². The van der Waals surface area contributed by atoms with Crippen molar-refractivity contribution in [1.82, 2.24) is 20.4 Å². The van der Waals surface area contributed by atoms with Crippen LogP contribution in [0.5, 0.6) is 0 Å². The van der Waals surface area contributed by atoms with Crippen LogP contribution in [0.15, 0.2) is 21.6 Å². The number of rotatable bonds is 9. The van der Waals surface area contributed by atoms with Gasteiger partial charge in [-0.3, -0.25) is 0 Å². The van der Waals surface area contributed by atoms with Crippen molar-refractivity contribution >= 4 is 0 Å². The van der Waals surface area contributed by atoms with Crippen molar-refractivity contribution in [2.75, 3.05) is 0 Å². The highest BCUT2D eigenvalue weighted by Crippen LogP contribution is 2.10. The van der Waals surface area contributed by atoms with Crippen LogP contribution in [0.1, 0.15) is 50.3 Å². The molecule has 0 aliphatic carbocycles. The van der Waals surface area contributed by atoms with Gasteiger partial charge in [-0.2, -0.15) is 0 Å². The van der Waals surface area contributed by atoms with Crippen LogP contribution in [0, 0.1) is 0 Å². The summed E-state index contributed by atoms with van der Waals surface area (Å²) in [6.45, 7) is 0. The summed E-state index contributed by atoms with van der Waals surface area (Å²) in [6, 6.07) is 0. The Morgan fingerprint density at radius 1 is 0.667 bits per heavy atom. The summed E-state index contributed by atoms with van der Waals surface area (Å²) < 4.78 is 10.1. The third kappa shape index (κ3) is 4.65. The van der Waals surface area contributed by atoms with Gasteiger partial charge >= 0.3 is 0 Å². The topological polar surface area (TPSA) is 77.8 Å². The lowest BCUT2D eigenvalue weighted by molar-refractivity contribution is 0.468. The molecule has 0 aliphatic rings. The Morgan fingerprint density at radius 3 is 1.50 bits per heavy atom. The fourth-order valence-electron chi connectivity index (χ4n) is 1.87. The smallest absolute Gasteiger partial charge is 0.216 e. The minimum absolute atomic E-state index is 0.742. The molecule has 0 unspecified atom stereocenters. The average Bonchev–Trinajstić information content (AvgIpc) is 3.05. The van der Waals surface area contributed by atoms with Crippen molar-refractivity contribution in [3.63, 3.8) is 0 Å². The van der Waals surface area contributed by atoms with E-state index in [0.29, 0.717) is 0 Å². The minimum Gasteiger partial charge on any atom is -0.428 e. The first-order valence-electron chi connectivity index (χ1n) is 6.45. The molecule has 98 valence electrons. The zero-order chi connectivity index (χ0) is 12.5. The molecule has 2 aromatic rings. The third-order valence-corrected chi connectivity index (χ3v) is 2.84. The molecule has 0 spiro atoms. The van der Waals surface area contributed by atoms with Crippen LogP contribution in [-0.4, -0.2) is 20.4 Å². The second kappa shape index (κ2) is 7.58. The summed E-state index contributed by atoms with van der Waals surface area (Å²) in [6.07, 6.45) is 11.7. The van der Waals surface area contributed by atoms with Gasteiger partial charge in [0.25, 0.3) is 0 Å². The SMILES string of the molecule is c1nnc(CCCCCCCCc2nnco2)o1. The standard InChI is InChI=1S/C12H18N4O2/c1(3-5-7-11-15-13-9-17-11)2-4-6-8-12-16-14-10-18-12/h9-10H,1-8H2. The number of hydrogen-bond donors (Lipinski definition) is 0. The number of aromatic nitrogens is 4. The van der Waals surface area contributed by atoms with E-state index < -0.39 is 0 Å². The first-order chi connectivity index (χ1) is 8.95.